The zero-order valence-electron chi connectivity index (χ0n) is 11.8. The number of nitrogens with one attached hydrogen (secondary N) is 1. The summed E-state index contributed by atoms with van der Waals surface area (Å²) in [6.07, 6.45) is 0. The third-order valence-electron chi connectivity index (χ3n) is 3.22. The van der Waals surface area contributed by atoms with E-state index in [2.05, 4.69) is 29.6 Å². The Morgan fingerprint density at radius 3 is 2.59 bits per heavy atom. The van der Waals surface area contributed by atoms with Crippen molar-refractivity contribution in [2.75, 3.05) is 11.1 Å². The lowest BCUT2D eigenvalue weighted by Gasteiger charge is -2.06. The van der Waals surface area contributed by atoms with Gasteiger partial charge >= 0.3 is 0 Å². The van der Waals surface area contributed by atoms with Crippen LogP contribution in [-0.2, 0) is 4.79 Å². The van der Waals surface area contributed by atoms with Gasteiger partial charge in [-0.1, -0.05) is 36.4 Å². The highest BCUT2D eigenvalue weighted by Crippen LogP contribution is 2.24. The van der Waals surface area contributed by atoms with Crippen molar-refractivity contribution in [1.82, 2.24) is 0 Å². The number of hydrogen-bond donors (Lipinski definition) is 2. The molecule has 22 heavy (non-hydrogen) atoms. The van der Waals surface area contributed by atoms with Crippen molar-refractivity contribution < 1.29 is 9.90 Å². The van der Waals surface area contributed by atoms with E-state index in [1.807, 2.05) is 18.2 Å². The number of thioether (sulfide) groups is 1. The average molecular weight is 309 g/mol. The summed E-state index contributed by atoms with van der Waals surface area (Å²) in [6.45, 7) is 0. The summed E-state index contributed by atoms with van der Waals surface area (Å²) in [4.78, 5) is 13.0. The molecule has 0 aromatic heterocycles. The minimum absolute atomic E-state index is 0.0937. The first-order chi connectivity index (χ1) is 10.7. The molecule has 0 bridgehead atoms. The summed E-state index contributed by atoms with van der Waals surface area (Å²) >= 11 is 1.49. The number of phenolic OH excluding ortho intramolecular Hbond substituents is 1. The lowest BCUT2D eigenvalue weighted by molar-refractivity contribution is -0.113. The summed E-state index contributed by atoms with van der Waals surface area (Å²) in [5, 5.41) is 14.5. The number of rotatable bonds is 4. The number of carbonyl (C=O) groups excluding carboxylic acids is 1. The molecule has 0 heterocycles. The molecule has 0 aliphatic carbocycles. The SMILES string of the molecule is O=C(CSc1ccc2ccccc2c1)Nc1cccc(O)c1. The fourth-order valence-electron chi connectivity index (χ4n) is 2.19. The van der Waals surface area contributed by atoms with Crippen molar-refractivity contribution in [3.8, 4) is 5.75 Å². The van der Waals surface area contributed by atoms with E-state index in [9.17, 15) is 9.90 Å². The van der Waals surface area contributed by atoms with Gasteiger partial charge in [-0.3, -0.25) is 4.79 Å². The lowest BCUT2D eigenvalue weighted by atomic mass is 10.1. The number of hydrogen-bond acceptors (Lipinski definition) is 3. The zero-order valence-corrected chi connectivity index (χ0v) is 12.6. The predicted octanol–water partition coefficient (Wildman–Crippen LogP) is 4.28. The second-order valence-electron chi connectivity index (χ2n) is 4.90. The van der Waals surface area contributed by atoms with Crippen molar-refractivity contribution >= 4 is 34.1 Å². The first-order valence-electron chi connectivity index (χ1n) is 6.91. The number of aromatic hydroxyl groups is 1. The summed E-state index contributed by atoms with van der Waals surface area (Å²) in [7, 11) is 0. The predicted molar refractivity (Wildman–Crippen MR) is 91.4 cm³/mol. The monoisotopic (exact) mass is 309 g/mol. The Bertz CT molecular complexity index is 817. The Kier molecular flexibility index (Phi) is 4.30. The molecule has 3 nitrogen and oxygen atoms in total. The van der Waals surface area contributed by atoms with Gasteiger partial charge in [0.1, 0.15) is 5.75 Å². The molecule has 3 rings (SSSR count). The molecule has 0 radical (unpaired) electrons. The highest BCUT2D eigenvalue weighted by molar-refractivity contribution is 8.00. The number of amides is 1. The zero-order chi connectivity index (χ0) is 15.4. The average Bonchev–Trinajstić information content (AvgIpc) is 2.53. The van der Waals surface area contributed by atoms with Crippen LogP contribution < -0.4 is 5.32 Å². The normalized spacial score (nSPS) is 10.5. The van der Waals surface area contributed by atoms with Crippen molar-refractivity contribution in [3.05, 3.63) is 66.7 Å². The maximum atomic E-state index is 11.9. The maximum Gasteiger partial charge on any atom is 0.234 e. The van der Waals surface area contributed by atoms with E-state index < -0.39 is 0 Å². The van der Waals surface area contributed by atoms with Crippen LogP contribution in [0, 0.1) is 0 Å². The molecule has 0 aliphatic rings. The van der Waals surface area contributed by atoms with Gasteiger partial charge in [-0.25, -0.2) is 0 Å². The number of phenols is 1. The van der Waals surface area contributed by atoms with Gasteiger partial charge < -0.3 is 10.4 Å². The largest absolute Gasteiger partial charge is 0.508 e. The number of anilines is 1. The second-order valence-corrected chi connectivity index (χ2v) is 5.94. The summed E-state index contributed by atoms with van der Waals surface area (Å²) in [5.41, 5.74) is 0.601. The van der Waals surface area contributed by atoms with Gasteiger partial charge in [-0.2, -0.15) is 0 Å². The first kappa shape index (κ1) is 14.5. The van der Waals surface area contributed by atoms with Crippen LogP contribution in [0.2, 0.25) is 0 Å². The number of fused-ring (bicyclic) bond motifs is 1. The van der Waals surface area contributed by atoms with Crippen LogP contribution in [0.1, 0.15) is 0 Å². The third-order valence-corrected chi connectivity index (χ3v) is 4.21. The maximum absolute atomic E-state index is 11.9. The van der Waals surface area contributed by atoms with Crippen molar-refractivity contribution in [3.63, 3.8) is 0 Å². The van der Waals surface area contributed by atoms with Crippen LogP contribution in [0.15, 0.2) is 71.6 Å². The number of benzene rings is 3. The van der Waals surface area contributed by atoms with Gasteiger partial charge in [0.05, 0.1) is 5.75 Å². The van der Waals surface area contributed by atoms with E-state index in [0.717, 1.165) is 4.90 Å². The molecule has 3 aromatic carbocycles. The highest BCUT2D eigenvalue weighted by Gasteiger charge is 2.05. The van der Waals surface area contributed by atoms with Crippen LogP contribution in [0.3, 0.4) is 0 Å². The van der Waals surface area contributed by atoms with E-state index in [-0.39, 0.29) is 11.7 Å². The molecule has 0 saturated heterocycles. The fraction of sp³-hybridized carbons (Fsp3) is 0.0556. The lowest BCUT2D eigenvalue weighted by Crippen LogP contribution is -2.13. The van der Waals surface area contributed by atoms with Gasteiger partial charge in [0.2, 0.25) is 5.91 Å². The summed E-state index contributed by atoms with van der Waals surface area (Å²) in [5.74, 6) is 0.373. The van der Waals surface area contributed by atoms with Gasteiger partial charge in [0, 0.05) is 16.6 Å². The molecule has 0 aliphatic heterocycles. The molecule has 0 unspecified atom stereocenters. The van der Waals surface area contributed by atoms with E-state index in [1.165, 1.54) is 28.6 Å². The Morgan fingerprint density at radius 1 is 0.955 bits per heavy atom. The molecule has 1 amide bonds. The van der Waals surface area contributed by atoms with E-state index >= 15 is 0 Å². The van der Waals surface area contributed by atoms with Gasteiger partial charge in [-0.05, 0) is 35.0 Å². The van der Waals surface area contributed by atoms with Crippen LogP contribution in [0.25, 0.3) is 10.8 Å². The Morgan fingerprint density at radius 2 is 1.77 bits per heavy atom. The molecular formula is C18H15NO2S. The molecule has 110 valence electrons. The topological polar surface area (TPSA) is 49.3 Å². The fourth-order valence-corrected chi connectivity index (χ4v) is 2.93. The standard InChI is InChI=1S/C18H15NO2S/c20-16-7-3-6-15(11-16)19-18(21)12-22-17-9-8-13-4-1-2-5-14(13)10-17/h1-11,20H,12H2,(H,19,21). The van der Waals surface area contributed by atoms with Crippen molar-refractivity contribution in [2.45, 2.75) is 4.90 Å². The van der Waals surface area contributed by atoms with E-state index in [1.54, 1.807) is 18.2 Å². The van der Waals surface area contributed by atoms with E-state index in [0.29, 0.717) is 11.4 Å². The van der Waals surface area contributed by atoms with Gasteiger partial charge in [0.15, 0.2) is 0 Å². The van der Waals surface area contributed by atoms with Gasteiger partial charge in [0.25, 0.3) is 0 Å². The number of carbonyl (C=O) groups is 1. The molecule has 0 spiro atoms. The van der Waals surface area contributed by atoms with Crippen molar-refractivity contribution in [2.24, 2.45) is 0 Å². The Labute approximate surface area is 133 Å². The second kappa shape index (κ2) is 6.54. The van der Waals surface area contributed by atoms with Crippen LogP contribution in [0.4, 0.5) is 5.69 Å². The molecule has 0 saturated carbocycles. The van der Waals surface area contributed by atoms with Crippen LogP contribution in [0.5, 0.6) is 5.75 Å². The first-order valence-corrected chi connectivity index (χ1v) is 7.90. The van der Waals surface area contributed by atoms with Crippen LogP contribution in [-0.4, -0.2) is 16.8 Å². The minimum Gasteiger partial charge on any atom is -0.508 e. The van der Waals surface area contributed by atoms with Gasteiger partial charge in [-0.15, -0.1) is 11.8 Å². The highest BCUT2D eigenvalue weighted by atomic mass is 32.2. The van der Waals surface area contributed by atoms with E-state index in [4.69, 9.17) is 0 Å². The molecule has 4 heteroatoms. The quantitative estimate of drug-likeness (QED) is 0.707. The summed E-state index contributed by atoms with van der Waals surface area (Å²) in [6, 6.07) is 20.9. The smallest absolute Gasteiger partial charge is 0.234 e. The van der Waals surface area contributed by atoms with Crippen LogP contribution >= 0.6 is 11.8 Å². The van der Waals surface area contributed by atoms with Crippen molar-refractivity contribution in [1.29, 1.82) is 0 Å². The Hall–Kier alpha value is -2.46. The molecule has 0 atom stereocenters. The molecule has 3 aromatic rings. The molecule has 0 fully saturated rings. The third kappa shape index (κ3) is 3.59. The summed E-state index contributed by atoms with van der Waals surface area (Å²) < 4.78 is 0. The molecular weight excluding hydrogens is 294 g/mol. The minimum atomic E-state index is -0.0937. The Balaban J connectivity index is 1.62. The molecule has 2 N–H and O–H groups in total.